The Hall–Kier alpha value is -3.48. The normalized spacial score (nSPS) is 10.2. The first kappa shape index (κ1) is 18.3. The van der Waals surface area contributed by atoms with E-state index in [0.29, 0.717) is 28.9 Å². The molecule has 0 aliphatic rings. The van der Waals surface area contributed by atoms with Gasteiger partial charge in [0.25, 0.3) is 0 Å². The van der Waals surface area contributed by atoms with Crippen molar-refractivity contribution in [2.45, 2.75) is 0 Å². The molecule has 0 bridgehead atoms. The Morgan fingerprint density at radius 2 is 1.56 bits per heavy atom. The summed E-state index contributed by atoms with van der Waals surface area (Å²) in [6.07, 6.45) is 1.70. The van der Waals surface area contributed by atoms with Crippen molar-refractivity contribution in [3.63, 3.8) is 0 Å². The maximum Gasteiger partial charge on any atom is 0.227 e. The van der Waals surface area contributed by atoms with E-state index in [1.54, 1.807) is 46.8 Å². The number of hydrogen-bond acceptors (Lipinski definition) is 7. The van der Waals surface area contributed by atoms with Gasteiger partial charge in [-0.2, -0.15) is 0 Å². The Morgan fingerprint density at radius 1 is 0.815 bits per heavy atom. The second kappa shape index (κ2) is 8.27. The van der Waals surface area contributed by atoms with Gasteiger partial charge in [-0.15, -0.1) is 0 Å². The van der Waals surface area contributed by atoms with Gasteiger partial charge in [0.15, 0.2) is 11.5 Å². The standard InChI is InChI=1S/C20H21N3O4/c1-24-15-7-5-6-13(10-15)16-8-9-21-20(23-16)22-14-11-17(25-2)19(27-4)18(12-14)26-3/h5-12H,1-4H3,(H,21,22,23). The maximum atomic E-state index is 5.38. The summed E-state index contributed by atoms with van der Waals surface area (Å²) in [4.78, 5) is 8.87. The Kier molecular flexibility index (Phi) is 5.61. The first-order valence-corrected chi connectivity index (χ1v) is 8.23. The molecule has 3 rings (SSSR count). The zero-order valence-electron chi connectivity index (χ0n) is 15.6. The predicted octanol–water partition coefficient (Wildman–Crippen LogP) is 3.92. The molecule has 0 saturated carbocycles. The van der Waals surface area contributed by atoms with Crippen molar-refractivity contribution >= 4 is 11.6 Å². The van der Waals surface area contributed by atoms with E-state index in [2.05, 4.69) is 15.3 Å². The van der Waals surface area contributed by atoms with Crippen LogP contribution in [0.2, 0.25) is 0 Å². The summed E-state index contributed by atoms with van der Waals surface area (Å²) in [6, 6.07) is 13.1. The van der Waals surface area contributed by atoms with Crippen molar-refractivity contribution in [1.29, 1.82) is 0 Å². The first-order valence-electron chi connectivity index (χ1n) is 8.23. The van der Waals surface area contributed by atoms with Gasteiger partial charge < -0.3 is 24.3 Å². The molecule has 0 amide bonds. The van der Waals surface area contributed by atoms with E-state index < -0.39 is 0 Å². The van der Waals surface area contributed by atoms with E-state index in [4.69, 9.17) is 18.9 Å². The SMILES string of the molecule is COc1cccc(-c2ccnc(Nc3cc(OC)c(OC)c(OC)c3)n2)c1. The molecular formula is C20H21N3O4. The zero-order valence-corrected chi connectivity index (χ0v) is 15.6. The summed E-state index contributed by atoms with van der Waals surface area (Å²) in [5.74, 6) is 2.83. The van der Waals surface area contributed by atoms with Crippen LogP contribution in [0, 0.1) is 0 Å². The van der Waals surface area contributed by atoms with Crippen molar-refractivity contribution in [3.8, 4) is 34.3 Å². The molecule has 0 aliphatic heterocycles. The van der Waals surface area contributed by atoms with Crippen LogP contribution in [0.15, 0.2) is 48.7 Å². The first-order chi connectivity index (χ1) is 13.2. The Bertz CT molecular complexity index is 906. The van der Waals surface area contributed by atoms with E-state index in [0.717, 1.165) is 17.0 Å². The highest BCUT2D eigenvalue weighted by molar-refractivity contribution is 5.67. The lowest BCUT2D eigenvalue weighted by molar-refractivity contribution is 0.324. The van der Waals surface area contributed by atoms with Crippen LogP contribution < -0.4 is 24.3 Å². The number of rotatable bonds is 7. The average Bonchev–Trinajstić information content (AvgIpc) is 2.73. The lowest BCUT2D eigenvalue weighted by atomic mass is 10.1. The monoisotopic (exact) mass is 367 g/mol. The fourth-order valence-corrected chi connectivity index (χ4v) is 2.64. The molecular weight excluding hydrogens is 346 g/mol. The fraction of sp³-hybridized carbons (Fsp3) is 0.200. The van der Waals surface area contributed by atoms with Gasteiger partial charge in [-0.25, -0.2) is 9.97 Å². The van der Waals surface area contributed by atoms with Crippen molar-refractivity contribution < 1.29 is 18.9 Å². The number of nitrogens with one attached hydrogen (secondary N) is 1. The summed E-state index contributed by atoms with van der Waals surface area (Å²) >= 11 is 0. The van der Waals surface area contributed by atoms with Crippen molar-refractivity contribution in [3.05, 3.63) is 48.7 Å². The summed E-state index contributed by atoms with van der Waals surface area (Å²) < 4.78 is 21.4. The largest absolute Gasteiger partial charge is 0.497 e. The van der Waals surface area contributed by atoms with Crippen LogP contribution in [0.1, 0.15) is 0 Å². The lowest BCUT2D eigenvalue weighted by Gasteiger charge is -2.14. The van der Waals surface area contributed by atoms with E-state index in [9.17, 15) is 0 Å². The molecule has 1 heterocycles. The van der Waals surface area contributed by atoms with Gasteiger partial charge in [-0.1, -0.05) is 12.1 Å². The molecule has 140 valence electrons. The van der Waals surface area contributed by atoms with Gasteiger partial charge in [0, 0.05) is 29.6 Å². The number of anilines is 2. The number of ether oxygens (including phenoxy) is 4. The highest BCUT2D eigenvalue weighted by Crippen LogP contribution is 2.40. The van der Waals surface area contributed by atoms with E-state index in [1.807, 2.05) is 30.3 Å². The fourth-order valence-electron chi connectivity index (χ4n) is 2.64. The van der Waals surface area contributed by atoms with E-state index in [1.165, 1.54) is 0 Å². The summed E-state index contributed by atoms with van der Waals surface area (Å²) in [5.41, 5.74) is 2.43. The third-order valence-corrected chi connectivity index (χ3v) is 3.94. The van der Waals surface area contributed by atoms with Crippen molar-refractivity contribution in [2.75, 3.05) is 33.8 Å². The molecule has 7 heteroatoms. The number of methoxy groups -OCH3 is 4. The second-order valence-corrected chi connectivity index (χ2v) is 5.54. The molecule has 0 saturated heterocycles. The predicted molar refractivity (Wildman–Crippen MR) is 103 cm³/mol. The Balaban J connectivity index is 1.92. The molecule has 3 aromatic rings. The highest BCUT2D eigenvalue weighted by atomic mass is 16.5. The van der Waals surface area contributed by atoms with Crippen LogP contribution >= 0.6 is 0 Å². The van der Waals surface area contributed by atoms with Gasteiger partial charge in [-0.3, -0.25) is 0 Å². The zero-order chi connectivity index (χ0) is 19.2. The Labute approximate surface area is 157 Å². The molecule has 0 spiro atoms. The molecule has 0 unspecified atom stereocenters. The number of aromatic nitrogens is 2. The third kappa shape index (κ3) is 4.03. The molecule has 0 radical (unpaired) electrons. The molecule has 2 aromatic carbocycles. The lowest BCUT2D eigenvalue weighted by Crippen LogP contribution is -2.00. The van der Waals surface area contributed by atoms with Crippen molar-refractivity contribution in [1.82, 2.24) is 9.97 Å². The van der Waals surface area contributed by atoms with Crippen LogP contribution in [0.4, 0.5) is 11.6 Å². The quantitative estimate of drug-likeness (QED) is 0.678. The molecule has 0 fully saturated rings. The average molecular weight is 367 g/mol. The molecule has 7 nitrogen and oxygen atoms in total. The van der Waals surface area contributed by atoms with Gasteiger partial charge in [0.05, 0.1) is 34.1 Å². The summed E-state index contributed by atoms with van der Waals surface area (Å²) in [5, 5.41) is 3.17. The van der Waals surface area contributed by atoms with Crippen LogP contribution in [0.3, 0.4) is 0 Å². The third-order valence-electron chi connectivity index (χ3n) is 3.94. The molecule has 0 aliphatic carbocycles. The minimum absolute atomic E-state index is 0.449. The van der Waals surface area contributed by atoms with E-state index >= 15 is 0 Å². The minimum Gasteiger partial charge on any atom is -0.497 e. The highest BCUT2D eigenvalue weighted by Gasteiger charge is 2.14. The van der Waals surface area contributed by atoms with Gasteiger partial charge in [0.2, 0.25) is 11.7 Å². The number of hydrogen-bond donors (Lipinski definition) is 1. The van der Waals surface area contributed by atoms with Crippen LogP contribution in [0.5, 0.6) is 23.0 Å². The molecule has 1 aromatic heterocycles. The maximum absolute atomic E-state index is 5.38. The van der Waals surface area contributed by atoms with Gasteiger partial charge in [0.1, 0.15) is 5.75 Å². The minimum atomic E-state index is 0.449. The number of benzene rings is 2. The Morgan fingerprint density at radius 3 is 2.19 bits per heavy atom. The van der Waals surface area contributed by atoms with Crippen molar-refractivity contribution in [2.24, 2.45) is 0 Å². The van der Waals surface area contributed by atoms with Gasteiger partial charge in [-0.05, 0) is 18.2 Å². The molecule has 1 N–H and O–H groups in total. The second-order valence-electron chi connectivity index (χ2n) is 5.54. The van der Waals surface area contributed by atoms with Crippen LogP contribution in [0.25, 0.3) is 11.3 Å². The smallest absolute Gasteiger partial charge is 0.227 e. The topological polar surface area (TPSA) is 74.7 Å². The van der Waals surface area contributed by atoms with Crippen LogP contribution in [-0.2, 0) is 0 Å². The summed E-state index contributed by atoms with van der Waals surface area (Å²) in [7, 11) is 6.34. The molecule has 27 heavy (non-hydrogen) atoms. The summed E-state index contributed by atoms with van der Waals surface area (Å²) in [6.45, 7) is 0. The number of nitrogens with zero attached hydrogens (tertiary/aromatic N) is 2. The van der Waals surface area contributed by atoms with Crippen LogP contribution in [-0.4, -0.2) is 38.4 Å². The van der Waals surface area contributed by atoms with E-state index in [-0.39, 0.29) is 0 Å². The molecule has 0 atom stereocenters. The van der Waals surface area contributed by atoms with Gasteiger partial charge >= 0.3 is 0 Å².